The van der Waals surface area contributed by atoms with E-state index in [1.807, 2.05) is 12.3 Å². The standard InChI is InChI=1S/C13H13N3S2/c1-8-2-4-18-13(8)12(16-14)9-6-11-10(15-7-9)3-5-17-11/h2-7,12,16H,14H2,1H3. The molecule has 0 aliphatic heterocycles. The molecule has 3 aromatic rings. The Morgan fingerprint density at radius 3 is 2.83 bits per heavy atom. The number of fused-ring (bicyclic) bond motifs is 1. The van der Waals surface area contributed by atoms with Gasteiger partial charge in [0.2, 0.25) is 0 Å². The zero-order valence-electron chi connectivity index (χ0n) is 9.88. The molecule has 0 saturated heterocycles. The number of hydrogen-bond acceptors (Lipinski definition) is 5. The van der Waals surface area contributed by atoms with Crippen LogP contribution >= 0.6 is 22.7 Å². The van der Waals surface area contributed by atoms with Gasteiger partial charge in [-0.3, -0.25) is 10.8 Å². The van der Waals surface area contributed by atoms with Crippen molar-refractivity contribution in [3.8, 4) is 0 Å². The quantitative estimate of drug-likeness (QED) is 0.570. The number of hydrogen-bond donors (Lipinski definition) is 2. The molecule has 0 bridgehead atoms. The van der Waals surface area contributed by atoms with Gasteiger partial charge in [-0.05, 0) is 47.0 Å². The fraction of sp³-hybridized carbons (Fsp3) is 0.154. The number of thiophene rings is 2. The van der Waals surface area contributed by atoms with Gasteiger partial charge in [0.25, 0.3) is 0 Å². The lowest BCUT2D eigenvalue weighted by Gasteiger charge is -2.15. The van der Waals surface area contributed by atoms with Crippen LogP contribution in [-0.4, -0.2) is 4.98 Å². The summed E-state index contributed by atoms with van der Waals surface area (Å²) in [6, 6.07) is 6.33. The minimum absolute atomic E-state index is 0.0176. The summed E-state index contributed by atoms with van der Waals surface area (Å²) in [5.41, 5.74) is 6.31. The van der Waals surface area contributed by atoms with Crippen LogP contribution in [0.15, 0.2) is 35.2 Å². The number of hydrazine groups is 1. The number of pyridine rings is 1. The van der Waals surface area contributed by atoms with Gasteiger partial charge in [-0.2, -0.15) is 0 Å². The lowest BCUT2D eigenvalue weighted by atomic mass is 10.1. The van der Waals surface area contributed by atoms with Gasteiger partial charge in [-0.25, -0.2) is 5.43 Å². The fourth-order valence-electron chi connectivity index (χ4n) is 2.02. The van der Waals surface area contributed by atoms with Gasteiger partial charge in [-0.1, -0.05) is 0 Å². The van der Waals surface area contributed by atoms with Crippen LogP contribution in [0.25, 0.3) is 10.2 Å². The smallest absolute Gasteiger partial charge is 0.0820 e. The Labute approximate surface area is 113 Å². The van der Waals surface area contributed by atoms with Crippen LogP contribution in [0.4, 0.5) is 0 Å². The molecule has 3 rings (SSSR count). The fourth-order valence-corrected chi connectivity index (χ4v) is 3.83. The van der Waals surface area contributed by atoms with Crippen molar-refractivity contribution < 1.29 is 0 Å². The second kappa shape index (κ2) is 4.78. The molecular formula is C13H13N3S2. The molecule has 1 atom stereocenters. The van der Waals surface area contributed by atoms with Crippen molar-refractivity contribution in [3.05, 3.63) is 51.2 Å². The number of nitrogens with two attached hydrogens (primary N) is 1. The summed E-state index contributed by atoms with van der Waals surface area (Å²) in [5.74, 6) is 5.72. The Kier molecular flexibility index (Phi) is 3.13. The summed E-state index contributed by atoms with van der Waals surface area (Å²) < 4.78 is 1.20. The highest BCUT2D eigenvalue weighted by Crippen LogP contribution is 2.30. The third-order valence-electron chi connectivity index (χ3n) is 2.99. The maximum Gasteiger partial charge on any atom is 0.0820 e. The average molecular weight is 275 g/mol. The second-order valence-electron chi connectivity index (χ2n) is 4.14. The first-order valence-electron chi connectivity index (χ1n) is 5.63. The third kappa shape index (κ3) is 1.95. The van der Waals surface area contributed by atoms with Gasteiger partial charge in [0.1, 0.15) is 0 Å². The van der Waals surface area contributed by atoms with Gasteiger partial charge in [0.15, 0.2) is 0 Å². The van der Waals surface area contributed by atoms with Gasteiger partial charge >= 0.3 is 0 Å². The monoisotopic (exact) mass is 275 g/mol. The molecule has 0 fully saturated rings. The molecule has 3 N–H and O–H groups in total. The zero-order chi connectivity index (χ0) is 12.5. The number of aromatic nitrogens is 1. The molecule has 3 nitrogen and oxygen atoms in total. The van der Waals surface area contributed by atoms with E-state index in [1.54, 1.807) is 22.7 Å². The van der Waals surface area contributed by atoms with Gasteiger partial charge in [0, 0.05) is 11.1 Å². The van der Waals surface area contributed by atoms with Crippen LogP contribution in [0.2, 0.25) is 0 Å². The van der Waals surface area contributed by atoms with E-state index in [-0.39, 0.29) is 6.04 Å². The summed E-state index contributed by atoms with van der Waals surface area (Å²) >= 11 is 3.42. The van der Waals surface area contributed by atoms with Crippen LogP contribution in [0.5, 0.6) is 0 Å². The molecule has 0 amide bonds. The molecule has 0 aliphatic rings. The van der Waals surface area contributed by atoms with Crippen LogP contribution in [0.3, 0.4) is 0 Å². The summed E-state index contributed by atoms with van der Waals surface area (Å²) in [7, 11) is 0. The van der Waals surface area contributed by atoms with Gasteiger partial charge < -0.3 is 0 Å². The summed E-state index contributed by atoms with van der Waals surface area (Å²) in [5, 5.41) is 4.15. The number of rotatable bonds is 3. The van der Waals surface area contributed by atoms with E-state index in [0.717, 1.165) is 11.1 Å². The Hall–Kier alpha value is -1.27. The van der Waals surface area contributed by atoms with Crippen LogP contribution in [-0.2, 0) is 0 Å². The van der Waals surface area contributed by atoms with Gasteiger partial charge in [-0.15, -0.1) is 22.7 Å². The first-order valence-corrected chi connectivity index (χ1v) is 7.39. The van der Waals surface area contributed by atoms with Crippen molar-refractivity contribution in [1.29, 1.82) is 0 Å². The molecule has 18 heavy (non-hydrogen) atoms. The Morgan fingerprint density at radius 2 is 2.11 bits per heavy atom. The Bertz CT molecular complexity index is 671. The predicted molar refractivity (Wildman–Crippen MR) is 77.8 cm³/mol. The highest BCUT2D eigenvalue weighted by Gasteiger charge is 2.16. The van der Waals surface area contributed by atoms with E-state index in [0.29, 0.717) is 0 Å². The third-order valence-corrected chi connectivity index (χ3v) is 4.92. The molecule has 1 unspecified atom stereocenters. The second-order valence-corrected chi connectivity index (χ2v) is 6.04. The van der Waals surface area contributed by atoms with Gasteiger partial charge in [0.05, 0.1) is 16.3 Å². The maximum absolute atomic E-state index is 5.72. The van der Waals surface area contributed by atoms with Crippen molar-refractivity contribution >= 4 is 32.9 Å². The van der Waals surface area contributed by atoms with Crippen LogP contribution in [0, 0.1) is 6.92 Å². The molecule has 0 radical (unpaired) electrons. The summed E-state index contributed by atoms with van der Waals surface area (Å²) in [6.07, 6.45) is 1.90. The molecule has 0 spiro atoms. The van der Waals surface area contributed by atoms with E-state index in [9.17, 15) is 0 Å². The largest absolute Gasteiger partial charge is 0.271 e. The van der Waals surface area contributed by atoms with Crippen molar-refractivity contribution in [1.82, 2.24) is 10.4 Å². The minimum Gasteiger partial charge on any atom is -0.271 e. The lowest BCUT2D eigenvalue weighted by Crippen LogP contribution is -2.28. The Morgan fingerprint density at radius 1 is 1.28 bits per heavy atom. The van der Waals surface area contributed by atoms with Crippen molar-refractivity contribution in [2.24, 2.45) is 5.84 Å². The van der Waals surface area contributed by atoms with Crippen molar-refractivity contribution in [2.75, 3.05) is 0 Å². The SMILES string of the molecule is Cc1ccsc1C(NN)c1cnc2ccsc2c1. The zero-order valence-corrected chi connectivity index (χ0v) is 11.5. The molecule has 0 aromatic carbocycles. The maximum atomic E-state index is 5.72. The van der Waals surface area contributed by atoms with E-state index >= 15 is 0 Å². The molecule has 0 saturated carbocycles. The van der Waals surface area contributed by atoms with Crippen molar-refractivity contribution in [2.45, 2.75) is 13.0 Å². The van der Waals surface area contributed by atoms with E-state index in [2.05, 4.69) is 40.2 Å². The van der Waals surface area contributed by atoms with E-state index in [4.69, 9.17) is 5.84 Å². The lowest BCUT2D eigenvalue weighted by molar-refractivity contribution is 0.643. The average Bonchev–Trinajstić information content (AvgIpc) is 2.99. The van der Waals surface area contributed by atoms with E-state index < -0.39 is 0 Å². The summed E-state index contributed by atoms with van der Waals surface area (Å²) in [4.78, 5) is 5.71. The first kappa shape index (κ1) is 11.8. The van der Waals surface area contributed by atoms with Crippen LogP contribution < -0.4 is 11.3 Å². The highest BCUT2D eigenvalue weighted by molar-refractivity contribution is 7.17. The first-order chi connectivity index (χ1) is 8.79. The molecule has 92 valence electrons. The topological polar surface area (TPSA) is 50.9 Å². The molecule has 0 aliphatic carbocycles. The molecule has 5 heteroatoms. The molecule has 3 heterocycles. The molecular weight excluding hydrogens is 262 g/mol. The van der Waals surface area contributed by atoms with Crippen molar-refractivity contribution in [3.63, 3.8) is 0 Å². The number of nitrogens with one attached hydrogen (secondary N) is 1. The predicted octanol–water partition coefficient (Wildman–Crippen LogP) is 3.22. The van der Waals surface area contributed by atoms with E-state index in [1.165, 1.54) is 15.1 Å². The number of nitrogens with zero attached hydrogens (tertiary/aromatic N) is 1. The minimum atomic E-state index is 0.0176. The van der Waals surface area contributed by atoms with Crippen LogP contribution in [0.1, 0.15) is 22.0 Å². The highest BCUT2D eigenvalue weighted by atomic mass is 32.1. The molecule has 3 aromatic heterocycles. The Balaban J connectivity index is 2.08. The number of aryl methyl sites for hydroxylation is 1. The normalized spacial score (nSPS) is 13.0. The summed E-state index contributed by atoms with van der Waals surface area (Å²) in [6.45, 7) is 2.10.